The molecule has 0 aromatic carbocycles. The Hall–Kier alpha value is -1.45. The number of allylic oxidation sites excluding steroid dienone is 3. The van der Waals surface area contributed by atoms with Crippen LogP contribution >= 0.6 is 0 Å². The second-order valence-corrected chi connectivity index (χ2v) is 2.75. The van der Waals surface area contributed by atoms with Crippen LogP contribution in [0.25, 0.3) is 0 Å². The van der Waals surface area contributed by atoms with Crippen molar-refractivity contribution in [2.24, 2.45) is 5.92 Å². The van der Waals surface area contributed by atoms with Crippen molar-refractivity contribution in [3.8, 4) is 0 Å². The third kappa shape index (κ3) is 2.02. The molecule has 0 aromatic heterocycles. The summed E-state index contributed by atoms with van der Waals surface area (Å²) in [5.41, 5.74) is 0. The highest BCUT2D eigenvalue weighted by Crippen LogP contribution is 2.22. The van der Waals surface area contributed by atoms with Gasteiger partial charge in [0.1, 0.15) is 5.76 Å². The van der Waals surface area contributed by atoms with Crippen molar-refractivity contribution in [1.82, 2.24) is 0 Å². The highest BCUT2D eigenvalue weighted by Gasteiger charge is 2.17. The summed E-state index contributed by atoms with van der Waals surface area (Å²) in [5.74, 6) is -1.42. The first-order chi connectivity index (χ1) is 5.59. The quantitative estimate of drug-likeness (QED) is 0.584. The maximum absolute atomic E-state index is 10.3. The number of carboxylic acids is 1. The van der Waals surface area contributed by atoms with Crippen LogP contribution < -0.4 is 0 Å². The molecule has 0 spiro atoms. The van der Waals surface area contributed by atoms with Crippen molar-refractivity contribution in [2.75, 3.05) is 0 Å². The molecule has 0 heterocycles. The summed E-state index contributed by atoms with van der Waals surface area (Å²) in [6, 6.07) is 0. The molecule has 1 atom stereocenters. The summed E-state index contributed by atoms with van der Waals surface area (Å²) in [6.45, 7) is 0. The second kappa shape index (κ2) is 3.30. The predicted molar refractivity (Wildman–Crippen MR) is 41.8 cm³/mol. The predicted octanol–water partition coefficient (Wildman–Crippen LogP) is 1.36. The van der Waals surface area contributed by atoms with Crippen LogP contribution in [0, 0.1) is 5.92 Å². The minimum atomic E-state index is -0.904. The monoisotopic (exact) mass is 170 g/mol. The van der Waals surface area contributed by atoms with E-state index in [9.17, 15) is 4.79 Å². The molecule has 12 heavy (non-hydrogen) atoms. The zero-order valence-corrected chi connectivity index (χ0v) is 6.40. The molecule has 0 bridgehead atoms. The van der Waals surface area contributed by atoms with Gasteiger partial charge in [-0.2, -0.15) is 0 Å². The molecule has 0 aromatic rings. The Balaban J connectivity index is 2.57. The van der Waals surface area contributed by atoms with E-state index in [0.717, 1.165) is 0 Å². The summed E-state index contributed by atoms with van der Waals surface area (Å²) in [7, 11) is 0. The van der Waals surface area contributed by atoms with Crippen molar-refractivity contribution in [1.29, 1.82) is 0 Å². The first-order valence-electron chi connectivity index (χ1n) is 3.60. The fraction of sp³-hybridized carbons (Fsp3) is 0.375. The molecule has 0 fully saturated rings. The molecule has 4 heteroatoms. The Morgan fingerprint density at radius 3 is 2.75 bits per heavy atom. The van der Waals surface area contributed by atoms with Crippen LogP contribution in [-0.4, -0.2) is 21.3 Å². The number of aliphatic hydroxyl groups is 2. The summed E-state index contributed by atoms with van der Waals surface area (Å²) < 4.78 is 0. The molecule has 0 saturated carbocycles. The Morgan fingerprint density at radius 1 is 1.58 bits per heavy atom. The first kappa shape index (κ1) is 8.64. The molecule has 1 aliphatic carbocycles. The third-order valence-corrected chi connectivity index (χ3v) is 1.71. The number of hydrogen-bond donors (Lipinski definition) is 3. The first-order valence-corrected chi connectivity index (χ1v) is 3.60. The number of carboxylic acid groups (broad SMARTS) is 1. The van der Waals surface area contributed by atoms with E-state index in [1.807, 2.05) is 0 Å². The van der Waals surface area contributed by atoms with Gasteiger partial charge in [0.15, 0.2) is 5.76 Å². The average Bonchev–Trinajstić information content (AvgIpc) is 1.96. The smallest absolute Gasteiger partial charge is 0.303 e. The molecule has 0 radical (unpaired) electrons. The lowest BCUT2D eigenvalue weighted by atomic mass is 9.95. The van der Waals surface area contributed by atoms with Crippen molar-refractivity contribution in [3.63, 3.8) is 0 Å². The third-order valence-electron chi connectivity index (χ3n) is 1.71. The average molecular weight is 170 g/mol. The van der Waals surface area contributed by atoms with E-state index in [2.05, 4.69) is 0 Å². The minimum Gasteiger partial charge on any atom is -0.508 e. The second-order valence-electron chi connectivity index (χ2n) is 2.75. The topological polar surface area (TPSA) is 77.8 Å². The van der Waals surface area contributed by atoms with Crippen LogP contribution in [0.3, 0.4) is 0 Å². The maximum atomic E-state index is 10.3. The normalized spacial score (nSPS) is 22.8. The Bertz CT molecular complexity index is 252. The molecule has 4 nitrogen and oxygen atoms in total. The van der Waals surface area contributed by atoms with Crippen molar-refractivity contribution in [3.05, 3.63) is 23.7 Å². The van der Waals surface area contributed by atoms with Crippen LogP contribution in [0.2, 0.25) is 0 Å². The number of hydrogen-bond acceptors (Lipinski definition) is 3. The zero-order chi connectivity index (χ0) is 9.14. The van der Waals surface area contributed by atoms with E-state index in [4.69, 9.17) is 15.3 Å². The van der Waals surface area contributed by atoms with E-state index >= 15 is 0 Å². The van der Waals surface area contributed by atoms with Gasteiger partial charge in [-0.05, 0) is 12.0 Å². The van der Waals surface area contributed by atoms with Crippen LogP contribution in [0.5, 0.6) is 0 Å². The SMILES string of the molecule is O=C(O)CC1C=CC(O)=C(O)C1. The van der Waals surface area contributed by atoms with Gasteiger partial charge in [-0.15, -0.1) is 0 Å². The van der Waals surface area contributed by atoms with E-state index in [-0.39, 0.29) is 30.3 Å². The highest BCUT2D eigenvalue weighted by molar-refractivity contribution is 5.67. The largest absolute Gasteiger partial charge is 0.508 e. The zero-order valence-electron chi connectivity index (χ0n) is 6.40. The van der Waals surface area contributed by atoms with Crippen molar-refractivity contribution in [2.45, 2.75) is 12.8 Å². The Kier molecular flexibility index (Phi) is 2.38. The Morgan fingerprint density at radius 2 is 2.25 bits per heavy atom. The van der Waals surface area contributed by atoms with Crippen molar-refractivity contribution >= 4 is 5.97 Å². The van der Waals surface area contributed by atoms with Crippen molar-refractivity contribution < 1.29 is 20.1 Å². The van der Waals surface area contributed by atoms with Crippen LogP contribution in [0.4, 0.5) is 0 Å². The van der Waals surface area contributed by atoms with E-state index in [0.29, 0.717) is 0 Å². The van der Waals surface area contributed by atoms with Gasteiger partial charge in [0, 0.05) is 6.42 Å². The van der Waals surface area contributed by atoms with E-state index in [1.54, 1.807) is 6.08 Å². The number of carbonyl (C=O) groups is 1. The van der Waals surface area contributed by atoms with Gasteiger partial charge in [-0.25, -0.2) is 0 Å². The van der Waals surface area contributed by atoms with Gasteiger partial charge >= 0.3 is 5.97 Å². The summed E-state index contributed by atoms with van der Waals surface area (Å²) in [4.78, 5) is 10.3. The lowest BCUT2D eigenvalue weighted by Crippen LogP contribution is -2.10. The highest BCUT2D eigenvalue weighted by atomic mass is 16.4. The summed E-state index contributed by atoms with van der Waals surface area (Å²) in [6.07, 6.45) is 3.10. The van der Waals surface area contributed by atoms with Crippen LogP contribution in [0.15, 0.2) is 23.7 Å². The fourth-order valence-corrected chi connectivity index (χ4v) is 1.11. The molecule has 0 aliphatic heterocycles. The summed E-state index contributed by atoms with van der Waals surface area (Å²) in [5, 5.41) is 26.4. The number of aliphatic hydroxyl groups excluding tert-OH is 2. The summed E-state index contributed by atoms with van der Waals surface area (Å²) >= 11 is 0. The molecule has 1 rings (SSSR count). The molecule has 3 N–H and O–H groups in total. The maximum Gasteiger partial charge on any atom is 0.303 e. The van der Waals surface area contributed by atoms with Gasteiger partial charge in [-0.1, -0.05) is 6.08 Å². The molecule has 0 saturated heterocycles. The molecular weight excluding hydrogens is 160 g/mol. The Labute approximate surface area is 69.5 Å². The molecule has 66 valence electrons. The minimum absolute atomic E-state index is 0.0200. The van der Waals surface area contributed by atoms with Gasteiger partial charge in [-0.3, -0.25) is 4.79 Å². The van der Waals surface area contributed by atoms with Gasteiger partial charge in [0.05, 0.1) is 6.42 Å². The van der Waals surface area contributed by atoms with Gasteiger partial charge in [0.2, 0.25) is 0 Å². The van der Waals surface area contributed by atoms with Crippen LogP contribution in [-0.2, 0) is 4.79 Å². The molecule has 0 amide bonds. The molecule has 1 aliphatic rings. The van der Waals surface area contributed by atoms with Gasteiger partial charge in [0.25, 0.3) is 0 Å². The lowest BCUT2D eigenvalue weighted by molar-refractivity contribution is -0.137. The fourth-order valence-electron chi connectivity index (χ4n) is 1.11. The lowest BCUT2D eigenvalue weighted by Gasteiger charge is -2.13. The number of rotatable bonds is 2. The van der Waals surface area contributed by atoms with E-state index in [1.165, 1.54) is 6.08 Å². The van der Waals surface area contributed by atoms with Gasteiger partial charge < -0.3 is 15.3 Å². The van der Waals surface area contributed by atoms with E-state index < -0.39 is 5.97 Å². The van der Waals surface area contributed by atoms with Crippen LogP contribution in [0.1, 0.15) is 12.8 Å². The molecule has 1 unspecified atom stereocenters. The number of aliphatic carboxylic acids is 1. The standard InChI is InChI=1S/C8H10O4/c9-6-2-1-5(3-7(6)10)4-8(11)12/h1-2,5,9-10H,3-4H2,(H,11,12). The molecular formula is C8H10O4.